The van der Waals surface area contributed by atoms with Crippen molar-refractivity contribution >= 4 is 0 Å². The van der Waals surface area contributed by atoms with Crippen LogP contribution >= 0.6 is 0 Å². The second-order valence-corrected chi connectivity index (χ2v) is 5.11. The van der Waals surface area contributed by atoms with Gasteiger partial charge in [-0.2, -0.15) is 0 Å². The summed E-state index contributed by atoms with van der Waals surface area (Å²) in [6, 6.07) is 0. The summed E-state index contributed by atoms with van der Waals surface area (Å²) in [5.41, 5.74) is 0.707. The van der Waals surface area contributed by atoms with Crippen molar-refractivity contribution < 1.29 is 0 Å². The molecule has 0 amide bonds. The predicted molar refractivity (Wildman–Crippen MR) is 59.7 cm³/mol. The summed E-state index contributed by atoms with van der Waals surface area (Å²) in [5, 5.41) is 0. The van der Waals surface area contributed by atoms with Gasteiger partial charge < -0.3 is 0 Å². The highest BCUT2D eigenvalue weighted by molar-refractivity contribution is 5.02. The zero-order valence-corrected chi connectivity index (χ0v) is 10.1. The molecule has 0 aromatic carbocycles. The molecule has 3 aliphatic rings. The second-order valence-electron chi connectivity index (χ2n) is 5.11. The molecule has 0 nitrogen and oxygen atoms in total. The van der Waals surface area contributed by atoms with E-state index >= 15 is 0 Å². The van der Waals surface area contributed by atoms with Crippen molar-refractivity contribution in [3.05, 3.63) is 0 Å². The molecule has 0 aromatic heterocycles. The monoisotopic (exact) mass is 182 g/mol. The number of hydrogen-bond acceptors (Lipinski definition) is 0. The van der Waals surface area contributed by atoms with Crippen LogP contribution in [0.3, 0.4) is 0 Å². The standard InChI is InChI=1S/C11H20.C2H6/c1-4-8-5-6-9-7-10(8)11(9,2)3;1-2/h8-10H,4-7H2,1-3H3;1-2H3. The van der Waals surface area contributed by atoms with Gasteiger partial charge in [0.15, 0.2) is 0 Å². The van der Waals surface area contributed by atoms with Crippen LogP contribution in [0.1, 0.15) is 60.3 Å². The molecule has 0 radical (unpaired) electrons. The lowest BCUT2D eigenvalue weighted by atomic mass is 9.45. The van der Waals surface area contributed by atoms with Crippen molar-refractivity contribution in [1.82, 2.24) is 0 Å². The molecule has 0 spiro atoms. The lowest BCUT2D eigenvalue weighted by Crippen LogP contribution is -2.52. The maximum Gasteiger partial charge on any atom is -0.0295 e. The maximum absolute atomic E-state index is 2.48. The number of fused-ring (bicyclic) bond motifs is 2. The van der Waals surface area contributed by atoms with Gasteiger partial charge in [0.05, 0.1) is 0 Å². The molecule has 3 unspecified atom stereocenters. The van der Waals surface area contributed by atoms with Crippen LogP contribution in [0.4, 0.5) is 0 Å². The van der Waals surface area contributed by atoms with E-state index in [-0.39, 0.29) is 0 Å². The quantitative estimate of drug-likeness (QED) is 0.560. The normalized spacial score (nSPS) is 39.9. The van der Waals surface area contributed by atoms with Crippen molar-refractivity contribution in [1.29, 1.82) is 0 Å². The van der Waals surface area contributed by atoms with Gasteiger partial charge in [0.2, 0.25) is 0 Å². The van der Waals surface area contributed by atoms with E-state index in [9.17, 15) is 0 Å². The predicted octanol–water partition coefficient (Wildman–Crippen LogP) is 4.49. The Labute approximate surface area is 84.1 Å². The SMILES string of the molecule is CC.CCC1CCC2CC1C2(C)C. The van der Waals surface area contributed by atoms with Gasteiger partial charge in [0.25, 0.3) is 0 Å². The third kappa shape index (κ3) is 1.65. The third-order valence-electron chi connectivity index (χ3n) is 4.53. The minimum absolute atomic E-state index is 0.707. The summed E-state index contributed by atoms with van der Waals surface area (Å²) in [6.45, 7) is 11.3. The molecule has 0 N–H and O–H groups in total. The van der Waals surface area contributed by atoms with Gasteiger partial charge in [0.1, 0.15) is 0 Å². The van der Waals surface area contributed by atoms with Gasteiger partial charge in [0, 0.05) is 0 Å². The number of rotatable bonds is 1. The van der Waals surface area contributed by atoms with Crippen LogP contribution < -0.4 is 0 Å². The molecule has 0 aliphatic heterocycles. The smallest absolute Gasteiger partial charge is 0.0295 e. The molecule has 78 valence electrons. The molecule has 13 heavy (non-hydrogen) atoms. The summed E-state index contributed by atoms with van der Waals surface area (Å²) < 4.78 is 0. The zero-order chi connectivity index (χ0) is 10.1. The molecule has 3 rings (SSSR count). The lowest BCUT2D eigenvalue weighted by Gasteiger charge is -2.60. The molecule has 3 fully saturated rings. The van der Waals surface area contributed by atoms with Crippen LogP contribution in [-0.4, -0.2) is 0 Å². The molecule has 0 heterocycles. The van der Waals surface area contributed by atoms with Crippen LogP contribution in [-0.2, 0) is 0 Å². The molecular formula is C13H26. The van der Waals surface area contributed by atoms with Gasteiger partial charge in [-0.25, -0.2) is 0 Å². The first-order valence-corrected chi connectivity index (χ1v) is 6.16. The number of hydrogen-bond donors (Lipinski definition) is 0. The van der Waals surface area contributed by atoms with Gasteiger partial charge in [-0.05, 0) is 42.4 Å². The summed E-state index contributed by atoms with van der Waals surface area (Å²) in [7, 11) is 0. The van der Waals surface area contributed by atoms with E-state index in [1.807, 2.05) is 13.8 Å². The highest BCUT2D eigenvalue weighted by Crippen LogP contribution is 2.61. The van der Waals surface area contributed by atoms with E-state index in [1.165, 1.54) is 19.3 Å². The third-order valence-corrected chi connectivity index (χ3v) is 4.53. The Hall–Kier alpha value is 0. The summed E-state index contributed by atoms with van der Waals surface area (Å²) in [5.74, 6) is 3.22. The van der Waals surface area contributed by atoms with Gasteiger partial charge in [-0.1, -0.05) is 41.0 Å². The lowest BCUT2D eigenvalue weighted by molar-refractivity contribution is -0.105. The van der Waals surface area contributed by atoms with E-state index in [4.69, 9.17) is 0 Å². The fourth-order valence-corrected chi connectivity index (χ4v) is 3.45. The molecule has 3 saturated carbocycles. The largest absolute Gasteiger partial charge is 0.0683 e. The molecule has 0 saturated heterocycles. The molecular weight excluding hydrogens is 156 g/mol. The van der Waals surface area contributed by atoms with Crippen LogP contribution in [0.2, 0.25) is 0 Å². The maximum atomic E-state index is 2.48. The highest BCUT2D eigenvalue weighted by Gasteiger charge is 2.53. The first kappa shape index (κ1) is 11.1. The topological polar surface area (TPSA) is 0 Å². The Morgan fingerprint density at radius 1 is 1.15 bits per heavy atom. The highest BCUT2D eigenvalue weighted by atomic mass is 14.6. The van der Waals surface area contributed by atoms with Gasteiger partial charge >= 0.3 is 0 Å². The molecule has 3 aliphatic carbocycles. The second kappa shape index (κ2) is 4.02. The first-order chi connectivity index (χ1) is 6.16. The minimum atomic E-state index is 0.707. The van der Waals surface area contributed by atoms with Crippen molar-refractivity contribution in [2.24, 2.45) is 23.2 Å². The van der Waals surface area contributed by atoms with Crippen LogP contribution in [0, 0.1) is 23.2 Å². The Kier molecular flexibility index (Phi) is 3.43. The van der Waals surface area contributed by atoms with Crippen molar-refractivity contribution in [2.45, 2.75) is 60.3 Å². The molecule has 0 heteroatoms. The van der Waals surface area contributed by atoms with Crippen molar-refractivity contribution in [3.63, 3.8) is 0 Å². The Bertz CT molecular complexity index is 155. The van der Waals surface area contributed by atoms with Crippen LogP contribution in [0.15, 0.2) is 0 Å². The molecule has 2 bridgehead atoms. The Balaban J connectivity index is 0.000000396. The fourth-order valence-electron chi connectivity index (χ4n) is 3.45. The van der Waals surface area contributed by atoms with Gasteiger partial charge in [-0.3, -0.25) is 0 Å². The summed E-state index contributed by atoms with van der Waals surface area (Å²) in [4.78, 5) is 0. The van der Waals surface area contributed by atoms with Crippen molar-refractivity contribution in [3.8, 4) is 0 Å². The van der Waals surface area contributed by atoms with Crippen LogP contribution in [0.25, 0.3) is 0 Å². The minimum Gasteiger partial charge on any atom is -0.0683 e. The van der Waals surface area contributed by atoms with Crippen LogP contribution in [0.5, 0.6) is 0 Å². The van der Waals surface area contributed by atoms with E-state index < -0.39 is 0 Å². The Morgan fingerprint density at radius 3 is 2.08 bits per heavy atom. The zero-order valence-electron chi connectivity index (χ0n) is 10.1. The summed E-state index contributed by atoms with van der Waals surface area (Å²) >= 11 is 0. The molecule has 3 atom stereocenters. The first-order valence-electron chi connectivity index (χ1n) is 6.16. The Morgan fingerprint density at radius 2 is 1.77 bits per heavy atom. The van der Waals surface area contributed by atoms with Gasteiger partial charge in [-0.15, -0.1) is 0 Å². The van der Waals surface area contributed by atoms with Crippen molar-refractivity contribution in [2.75, 3.05) is 0 Å². The molecule has 0 aromatic rings. The average molecular weight is 182 g/mol. The fraction of sp³-hybridized carbons (Fsp3) is 1.00. The van der Waals surface area contributed by atoms with E-state index in [2.05, 4.69) is 20.8 Å². The van der Waals surface area contributed by atoms with E-state index in [0.717, 1.165) is 17.8 Å². The average Bonchev–Trinajstić information content (AvgIpc) is 2.20. The summed E-state index contributed by atoms with van der Waals surface area (Å²) in [6.07, 6.45) is 6.00. The van der Waals surface area contributed by atoms with E-state index in [1.54, 1.807) is 6.42 Å². The van der Waals surface area contributed by atoms with E-state index in [0.29, 0.717) is 5.41 Å².